The summed E-state index contributed by atoms with van der Waals surface area (Å²) in [6.45, 7) is 5.94. The second kappa shape index (κ2) is 6.54. The van der Waals surface area contributed by atoms with Crippen LogP contribution in [0.25, 0.3) is 10.8 Å². The number of aromatic nitrogens is 1. The monoisotopic (exact) mass is 333 g/mol. The molecule has 1 aliphatic rings. The molecule has 1 aliphatic heterocycles. The Balaban J connectivity index is 1.77. The van der Waals surface area contributed by atoms with E-state index in [9.17, 15) is 9.59 Å². The molecule has 0 N–H and O–H groups in total. The Hall–Kier alpha value is -2.15. The van der Waals surface area contributed by atoms with E-state index in [1.165, 1.54) is 11.3 Å². The van der Waals surface area contributed by atoms with E-state index in [0.29, 0.717) is 37.6 Å². The van der Waals surface area contributed by atoms with Crippen LogP contribution in [0.5, 0.6) is 0 Å². The van der Waals surface area contributed by atoms with Crippen molar-refractivity contribution in [3.05, 3.63) is 29.0 Å². The lowest BCUT2D eigenvalue weighted by Crippen LogP contribution is -2.36. The minimum Gasteiger partial charge on any atom is -0.462 e. The van der Waals surface area contributed by atoms with Crippen molar-refractivity contribution in [2.24, 2.45) is 0 Å². The van der Waals surface area contributed by atoms with Crippen LogP contribution in [0.1, 0.15) is 28.7 Å². The number of nitrogens with zero attached hydrogens (tertiary/aromatic N) is 3. The van der Waals surface area contributed by atoms with E-state index >= 15 is 0 Å². The Labute approximate surface area is 138 Å². The summed E-state index contributed by atoms with van der Waals surface area (Å²) in [7, 11) is 0. The van der Waals surface area contributed by atoms with Crippen LogP contribution in [0.15, 0.2) is 22.8 Å². The van der Waals surface area contributed by atoms with Gasteiger partial charge in [-0.05, 0) is 25.5 Å². The number of carbonyl (C=O) groups is 2. The van der Waals surface area contributed by atoms with Crippen LogP contribution in [-0.2, 0) is 4.79 Å². The van der Waals surface area contributed by atoms with E-state index in [4.69, 9.17) is 4.42 Å². The van der Waals surface area contributed by atoms with Crippen LogP contribution >= 0.6 is 11.3 Å². The van der Waals surface area contributed by atoms with Gasteiger partial charge in [0.05, 0.1) is 6.26 Å². The molecule has 0 saturated carbocycles. The molecule has 0 unspecified atom stereocenters. The van der Waals surface area contributed by atoms with Crippen molar-refractivity contribution in [2.45, 2.75) is 20.3 Å². The third kappa shape index (κ3) is 3.29. The third-order valence-electron chi connectivity index (χ3n) is 3.96. The fourth-order valence-corrected chi connectivity index (χ4v) is 3.56. The predicted molar refractivity (Wildman–Crippen MR) is 87.3 cm³/mol. The molecule has 0 bridgehead atoms. The highest BCUT2D eigenvalue weighted by Gasteiger charge is 2.25. The normalized spacial score (nSPS) is 15.6. The van der Waals surface area contributed by atoms with Crippen molar-refractivity contribution in [3.63, 3.8) is 0 Å². The molecule has 1 fully saturated rings. The molecular formula is C16H19N3O3S. The minimum atomic E-state index is -0.0676. The van der Waals surface area contributed by atoms with Crippen LogP contribution in [0.2, 0.25) is 0 Å². The Morgan fingerprint density at radius 1 is 1.22 bits per heavy atom. The van der Waals surface area contributed by atoms with Crippen molar-refractivity contribution in [3.8, 4) is 10.8 Å². The van der Waals surface area contributed by atoms with Crippen molar-refractivity contribution < 1.29 is 14.0 Å². The van der Waals surface area contributed by atoms with E-state index in [1.54, 1.807) is 29.1 Å². The van der Waals surface area contributed by atoms with Crippen LogP contribution in [-0.4, -0.2) is 52.8 Å². The standard InChI is InChI=1S/C16H19N3O3S/c1-11-14(17-15(23-11)13-5-3-10-22-13)16(21)19-7-4-6-18(8-9-19)12(2)20/h3,5,10H,4,6-9H2,1-2H3. The van der Waals surface area contributed by atoms with E-state index in [1.807, 2.05) is 13.0 Å². The zero-order valence-corrected chi connectivity index (χ0v) is 14.1. The predicted octanol–water partition coefficient (Wildman–Crippen LogP) is 2.41. The first kappa shape index (κ1) is 15.7. The molecule has 7 heteroatoms. The van der Waals surface area contributed by atoms with Gasteiger partial charge in [-0.2, -0.15) is 0 Å². The van der Waals surface area contributed by atoms with Gasteiger partial charge in [-0.15, -0.1) is 11.3 Å². The average Bonchev–Trinajstić information content (AvgIpc) is 3.10. The summed E-state index contributed by atoms with van der Waals surface area (Å²) in [6, 6.07) is 3.64. The second-order valence-electron chi connectivity index (χ2n) is 5.55. The average molecular weight is 333 g/mol. The van der Waals surface area contributed by atoms with Crippen LogP contribution in [0.3, 0.4) is 0 Å². The van der Waals surface area contributed by atoms with Gasteiger partial charge in [-0.3, -0.25) is 9.59 Å². The Kier molecular flexibility index (Phi) is 4.47. The minimum absolute atomic E-state index is 0.0595. The molecule has 2 aromatic heterocycles. The zero-order valence-electron chi connectivity index (χ0n) is 13.2. The summed E-state index contributed by atoms with van der Waals surface area (Å²) in [5, 5.41) is 0.719. The van der Waals surface area contributed by atoms with Gasteiger partial charge in [0.1, 0.15) is 5.69 Å². The van der Waals surface area contributed by atoms with Gasteiger partial charge in [-0.1, -0.05) is 0 Å². The molecule has 23 heavy (non-hydrogen) atoms. The number of thiazole rings is 1. The smallest absolute Gasteiger partial charge is 0.273 e. The molecule has 0 aliphatic carbocycles. The van der Waals surface area contributed by atoms with Crippen LogP contribution in [0, 0.1) is 6.92 Å². The highest BCUT2D eigenvalue weighted by molar-refractivity contribution is 7.15. The first-order valence-corrected chi connectivity index (χ1v) is 8.44. The molecule has 3 heterocycles. The summed E-state index contributed by atoms with van der Waals surface area (Å²) >= 11 is 1.46. The van der Waals surface area contributed by atoms with Crippen molar-refractivity contribution >= 4 is 23.2 Å². The topological polar surface area (TPSA) is 66.7 Å². The van der Waals surface area contributed by atoms with Crippen LogP contribution in [0.4, 0.5) is 0 Å². The first-order valence-electron chi connectivity index (χ1n) is 7.62. The maximum Gasteiger partial charge on any atom is 0.273 e. The Bertz CT molecular complexity index is 708. The molecular weight excluding hydrogens is 314 g/mol. The number of hydrogen-bond acceptors (Lipinski definition) is 5. The molecule has 3 rings (SSSR count). The highest BCUT2D eigenvalue weighted by atomic mass is 32.1. The molecule has 2 amide bonds. The van der Waals surface area contributed by atoms with Crippen LogP contribution < -0.4 is 0 Å². The fourth-order valence-electron chi connectivity index (χ4n) is 2.69. The zero-order chi connectivity index (χ0) is 16.4. The SMILES string of the molecule is CC(=O)N1CCCN(C(=O)c2nc(-c3ccco3)sc2C)CC1. The molecule has 0 aromatic carbocycles. The van der Waals surface area contributed by atoms with Crippen molar-refractivity contribution in [1.82, 2.24) is 14.8 Å². The number of furan rings is 1. The first-order chi connectivity index (χ1) is 11.1. The maximum absolute atomic E-state index is 12.8. The molecule has 0 radical (unpaired) electrons. The molecule has 0 spiro atoms. The third-order valence-corrected chi connectivity index (χ3v) is 4.94. The number of carbonyl (C=O) groups excluding carboxylic acids is 2. The summed E-state index contributed by atoms with van der Waals surface area (Å²) < 4.78 is 5.35. The number of rotatable bonds is 2. The molecule has 2 aromatic rings. The van der Waals surface area contributed by atoms with Gasteiger partial charge in [0.25, 0.3) is 5.91 Å². The summed E-state index contributed by atoms with van der Waals surface area (Å²) in [5.74, 6) is 0.668. The maximum atomic E-state index is 12.8. The Morgan fingerprint density at radius 2 is 1.96 bits per heavy atom. The molecule has 0 atom stereocenters. The van der Waals surface area contributed by atoms with Gasteiger partial charge < -0.3 is 14.2 Å². The summed E-state index contributed by atoms with van der Waals surface area (Å²) in [6.07, 6.45) is 2.39. The van der Waals surface area contributed by atoms with Gasteiger partial charge in [0.15, 0.2) is 10.8 Å². The van der Waals surface area contributed by atoms with E-state index in [2.05, 4.69) is 4.98 Å². The number of amides is 2. The van der Waals surface area contributed by atoms with Gasteiger partial charge in [-0.25, -0.2) is 4.98 Å². The fraction of sp³-hybridized carbons (Fsp3) is 0.438. The number of aryl methyl sites for hydroxylation is 1. The lowest BCUT2D eigenvalue weighted by Gasteiger charge is -2.20. The van der Waals surface area contributed by atoms with Crippen molar-refractivity contribution in [2.75, 3.05) is 26.2 Å². The van der Waals surface area contributed by atoms with E-state index in [0.717, 1.165) is 16.3 Å². The second-order valence-corrected chi connectivity index (χ2v) is 6.76. The quantitative estimate of drug-likeness (QED) is 0.846. The number of hydrogen-bond donors (Lipinski definition) is 0. The summed E-state index contributed by atoms with van der Waals surface area (Å²) in [4.78, 5) is 33.2. The Morgan fingerprint density at radius 3 is 2.65 bits per heavy atom. The van der Waals surface area contributed by atoms with E-state index < -0.39 is 0 Å². The molecule has 122 valence electrons. The molecule has 1 saturated heterocycles. The van der Waals surface area contributed by atoms with Gasteiger partial charge in [0.2, 0.25) is 5.91 Å². The van der Waals surface area contributed by atoms with E-state index in [-0.39, 0.29) is 11.8 Å². The summed E-state index contributed by atoms with van der Waals surface area (Å²) in [5.41, 5.74) is 0.484. The highest BCUT2D eigenvalue weighted by Crippen LogP contribution is 2.28. The van der Waals surface area contributed by atoms with Crippen molar-refractivity contribution in [1.29, 1.82) is 0 Å². The lowest BCUT2D eigenvalue weighted by atomic mass is 10.3. The molecule has 6 nitrogen and oxygen atoms in total. The van der Waals surface area contributed by atoms with Gasteiger partial charge in [0, 0.05) is 38.0 Å². The lowest BCUT2D eigenvalue weighted by molar-refractivity contribution is -0.128. The van der Waals surface area contributed by atoms with Gasteiger partial charge >= 0.3 is 0 Å². The largest absolute Gasteiger partial charge is 0.462 e.